The summed E-state index contributed by atoms with van der Waals surface area (Å²) in [5.74, 6) is 2.86. The minimum atomic E-state index is 0.814. The monoisotopic (exact) mass is 289 g/mol. The first-order valence-electron chi connectivity index (χ1n) is 8.54. The third-order valence-corrected chi connectivity index (χ3v) is 4.73. The van der Waals surface area contributed by atoms with Crippen molar-refractivity contribution in [1.82, 2.24) is 10.3 Å². The molecule has 0 saturated carbocycles. The molecule has 21 heavy (non-hydrogen) atoms. The van der Waals surface area contributed by atoms with Crippen molar-refractivity contribution in [2.45, 2.75) is 53.5 Å². The van der Waals surface area contributed by atoms with E-state index >= 15 is 0 Å². The van der Waals surface area contributed by atoms with Crippen LogP contribution in [0.2, 0.25) is 0 Å². The van der Waals surface area contributed by atoms with Gasteiger partial charge in [-0.2, -0.15) is 0 Å². The Morgan fingerprint density at radius 1 is 1.29 bits per heavy atom. The Bertz CT molecular complexity index is 434. The van der Waals surface area contributed by atoms with Crippen LogP contribution in [0.25, 0.3) is 0 Å². The Hall–Kier alpha value is -1.09. The van der Waals surface area contributed by atoms with E-state index in [0.717, 1.165) is 43.8 Å². The lowest BCUT2D eigenvalue weighted by Crippen LogP contribution is -2.35. The van der Waals surface area contributed by atoms with Gasteiger partial charge in [-0.1, -0.05) is 26.8 Å². The first kappa shape index (κ1) is 16.3. The molecule has 3 nitrogen and oxygen atoms in total. The van der Waals surface area contributed by atoms with Crippen LogP contribution < -0.4 is 10.2 Å². The van der Waals surface area contributed by atoms with E-state index in [9.17, 15) is 0 Å². The quantitative estimate of drug-likeness (QED) is 0.808. The fourth-order valence-electron chi connectivity index (χ4n) is 3.13. The third-order valence-electron chi connectivity index (χ3n) is 4.73. The standard InChI is InChI=1S/C18H31N3/c1-5-10-19-13-17-6-7-18(20-15(17)4)21-11-8-16(9-12-21)14(2)3/h6-7,14,16,19H,5,8-13H2,1-4H3. The molecule has 0 aliphatic carbocycles. The highest BCUT2D eigenvalue weighted by Gasteiger charge is 2.22. The fraction of sp³-hybridized carbons (Fsp3) is 0.722. The molecule has 1 aliphatic rings. The molecular formula is C18H31N3. The van der Waals surface area contributed by atoms with Gasteiger partial charge in [0.25, 0.3) is 0 Å². The molecule has 0 radical (unpaired) electrons. The van der Waals surface area contributed by atoms with Crippen LogP contribution >= 0.6 is 0 Å². The maximum absolute atomic E-state index is 4.83. The normalized spacial score (nSPS) is 16.7. The molecule has 2 rings (SSSR count). The van der Waals surface area contributed by atoms with E-state index < -0.39 is 0 Å². The minimum absolute atomic E-state index is 0.814. The van der Waals surface area contributed by atoms with Gasteiger partial charge in [-0.25, -0.2) is 4.98 Å². The number of nitrogens with zero attached hydrogens (tertiary/aromatic N) is 2. The smallest absolute Gasteiger partial charge is 0.128 e. The van der Waals surface area contributed by atoms with Crippen LogP contribution in [0.5, 0.6) is 0 Å². The SMILES string of the molecule is CCCNCc1ccc(N2CCC(C(C)C)CC2)nc1C. The Morgan fingerprint density at radius 2 is 2.00 bits per heavy atom. The number of aryl methyl sites for hydroxylation is 1. The van der Waals surface area contributed by atoms with Crippen molar-refractivity contribution in [2.24, 2.45) is 11.8 Å². The molecule has 1 saturated heterocycles. The molecule has 1 fully saturated rings. The van der Waals surface area contributed by atoms with Crippen molar-refractivity contribution in [2.75, 3.05) is 24.5 Å². The van der Waals surface area contributed by atoms with Crippen LogP contribution in [0.15, 0.2) is 12.1 Å². The predicted octanol–water partition coefficient (Wildman–Crippen LogP) is 3.76. The Balaban J connectivity index is 1.94. The summed E-state index contributed by atoms with van der Waals surface area (Å²) in [6.07, 6.45) is 3.78. The zero-order chi connectivity index (χ0) is 15.2. The average Bonchev–Trinajstić information content (AvgIpc) is 2.49. The Kier molecular flexibility index (Phi) is 6.04. The zero-order valence-corrected chi connectivity index (χ0v) is 14.2. The van der Waals surface area contributed by atoms with Crippen molar-refractivity contribution >= 4 is 5.82 Å². The predicted molar refractivity (Wildman–Crippen MR) is 90.7 cm³/mol. The van der Waals surface area contributed by atoms with E-state index in [1.165, 1.54) is 30.5 Å². The molecule has 1 aromatic rings. The van der Waals surface area contributed by atoms with Crippen molar-refractivity contribution in [3.8, 4) is 0 Å². The second-order valence-electron chi connectivity index (χ2n) is 6.66. The van der Waals surface area contributed by atoms with Gasteiger partial charge in [-0.05, 0) is 56.2 Å². The molecule has 0 spiro atoms. The summed E-state index contributed by atoms with van der Waals surface area (Å²) < 4.78 is 0. The topological polar surface area (TPSA) is 28.2 Å². The van der Waals surface area contributed by atoms with E-state index in [2.05, 4.69) is 50.0 Å². The molecule has 0 bridgehead atoms. The van der Waals surface area contributed by atoms with Gasteiger partial charge >= 0.3 is 0 Å². The molecule has 1 N–H and O–H groups in total. The molecule has 3 heteroatoms. The van der Waals surface area contributed by atoms with Gasteiger partial charge in [-0.3, -0.25) is 0 Å². The van der Waals surface area contributed by atoms with Crippen LogP contribution in [-0.2, 0) is 6.54 Å². The van der Waals surface area contributed by atoms with Crippen molar-refractivity contribution in [1.29, 1.82) is 0 Å². The summed E-state index contributed by atoms with van der Waals surface area (Å²) in [6, 6.07) is 4.44. The maximum atomic E-state index is 4.83. The van der Waals surface area contributed by atoms with Gasteiger partial charge in [0.2, 0.25) is 0 Å². The highest BCUT2D eigenvalue weighted by atomic mass is 15.2. The Morgan fingerprint density at radius 3 is 2.57 bits per heavy atom. The van der Waals surface area contributed by atoms with Gasteiger partial charge in [0, 0.05) is 25.3 Å². The number of hydrogen-bond donors (Lipinski definition) is 1. The molecule has 1 aromatic heterocycles. The van der Waals surface area contributed by atoms with Gasteiger partial charge in [0.15, 0.2) is 0 Å². The number of piperidine rings is 1. The summed E-state index contributed by atoms with van der Waals surface area (Å²) >= 11 is 0. The molecule has 2 heterocycles. The van der Waals surface area contributed by atoms with E-state index in [-0.39, 0.29) is 0 Å². The number of hydrogen-bond acceptors (Lipinski definition) is 3. The van der Waals surface area contributed by atoms with Gasteiger partial charge in [0.1, 0.15) is 5.82 Å². The van der Waals surface area contributed by atoms with Crippen molar-refractivity contribution in [3.63, 3.8) is 0 Å². The van der Waals surface area contributed by atoms with E-state index in [4.69, 9.17) is 4.98 Å². The second kappa shape index (κ2) is 7.79. The van der Waals surface area contributed by atoms with E-state index in [1.807, 2.05) is 0 Å². The molecule has 118 valence electrons. The summed E-state index contributed by atoms with van der Waals surface area (Å²) in [5, 5.41) is 3.46. The first-order valence-corrected chi connectivity index (χ1v) is 8.54. The lowest BCUT2D eigenvalue weighted by atomic mass is 9.87. The highest BCUT2D eigenvalue weighted by molar-refractivity contribution is 5.42. The molecule has 0 aromatic carbocycles. The number of anilines is 1. The highest BCUT2D eigenvalue weighted by Crippen LogP contribution is 2.27. The van der Waals surface area contributed by atoms with Gasteiger partial charge in [0.05, 0.1) is 0 Å². The summed E-state index contributed by atoms with van der Waals surface area (Å²) in [5.41, 5.74) is 2.49. The van der Waals surface area contributed by atoms with E-state index in [1.54, 1.807) is 0 Å². The number of rotatable bonds is 6. The summed E-state index contributed by atoms with van der Waals surface area (Å²) in [4.78, 5) is 7.28. The van der Waals surface area contributed by atoms with Crippen LogP contribution in [0.3, 0.4) is 0 Å². The molecular weight excluding hydrogens is 258 g/mol. The van der Waals surface area contributed by atoms with Gasteiger partial charge < -0.3 is 10.2 Å². The number of aromatic nitrogens is 1. The van der Waals surface area contributed by atoms with Crippen LogP contribution in [0.1, 0.15) is 51.3 Å². The number of pyridine rings is 1. The second-order valence-corrected chi connectivity index (χ2v) is 6.66. The zero-order valence-electron chi connectivity index (χ0n) is 14.2. The molecule has 0 atom stereocenters. The van der Waals surface area contributed by atoms with Crippen molar-refractivity contribution in [3.05, 3.63) is 23.4 Å². The van der Waals surface area contributed by atoms with Crippen LogP contribution in [0, 0.1) is 18.8 Å². The Labute approximate surface area is 130 Å². The minimum Gasteiger partial charge on any atom is -0.357 e. The lowest BCUT2D eigenvalue weighted by molar-refractivity contribution is 0.310. The third kappa shape index (κ3) is 4.44. The average molecular weight is 289 g/mol. The van der Waals surface area contributed by atoms with Crippen LogP contribution in [-0.4, -0.2) is 24.6 Å². The molecule has 0 amide bonds. The summed E-state index contributed by atoms with van der Waals surface area (Å²) in [6.45, 7) is 13.3. The van der Waals surface area contributed by atoms with Crippen LogP contribution in [0.4, 0.5) is 5.82 Å². The first-order chi connectivity index (χ1) is 10.1. The summed E-state index contributed by atoms with van der Waals surface area (Å²) in [7, 11) is 0. The van der Waals surface area contributed by atoms with Gasteiger partial charge in [-0.15, -0.1) is 0 Å². The largest absolute Gasteiger partial charge is 0.357 e. The lowest BCUT2D eigenvalue weighted by Gasteiger charge is -2.34. The van der Waals surface area contributed by atoms with Crippen molar-refractivity contribution < 1.29 is 0 Å². The number of nitrogens with one attached hydrogen (secondary N) is 1. The fourth-order valence-corrected chi connectivity index (χ4v) is 3.13. The molecule has 0 unspecified atom stereocenters. The van der Waals surface area contributed by atoms with E-state index in [0.29, 0.717) is 0 Å². The maximum Gasteiger partial charge on any atom is 0.128 e. The molecule has 1 aliphatic heterocycles.